The van der Waals surface area contributed by atoms with Crippen LogP contribution in [-0.2, 0) is 6.42 Å². The largest absolute Gasteiger partial charge is 0.373 e. The minimum atomic E-state index is -0.498. The number of aromatic amines is 1. The van der Waals surface area contributed by atoms with Gasteiger partial charge in [-0.3, -0.25) is 14.9 Å². The second-order valence-electron chi connectivity index (χ2n) is 5.92. The fourth-order valence-electron chi connectivity index (χ4n) is 3.32. The lowest BCUT2D eigenvalue weighted by atomic mass is 10.1. The van der Waals surface area contributed by atoms with E-state index in [9.17, 15) is 14.9 Å². The Morgan fingerprint density at radius 2 is 2.20 bits per heavy atom. The van der Waals surface area contributed by atoms with E-state index in [-0.39, 0.29) is 17.1 Å². The highest BCUT2D eigenvalue weighted by Crippen LogP contribution is 2.39. The predicted molar refractivity (Wildman–Crippen MR) is 95.2 cm³/mol. The lowest BCUT2D eigenvalue weighted by Gasteiger charge is -2.16. The molecule has 0 aliphatic heterocycles. The summed E-state index contributed by atoms with van der Waals surface area (Å²) in [6.07, 6.45) is 2.88. The Labute approximate surface area is 146 Å². The SMILES string of the molecule is O=c1[nH]cnc2cc(N[C@@H]3CCc4c(Cl)cccc43)c([N+](=O)[O-])cc12. The third-order valence-electron chi connectivity index (χ3n) is 4.50. The zero-order valence-electron chi connectivity index (χ0n) is 13.0. The van der Waals surface area contributed by atoms with Gasteiger partial charge in [-0.25, -0.2) is 4.98 Å². The lowest BCUT2D eigenvalue weighted by Crippen LogP contribution is -2.11. The van der Waals surface area contributed by atoms with Crippen LogP contribution in [0.4, 0.5) is 11.4 Å². The number of H-pyrrole nitrogens is 1. The number of rotatable bonds is 3. The van der Waals surface area contributed by atoms with Gasteiger partial charge in [0.05, 0.1) is 28.2 Å². The number of nitro groups is 1. The van der Waals surface area contributed by atoms with Crippen molar-refractivity contribution in [3.63, 3.8) is 0 Å². The molecule has 0 unspecified atom stereocenters. The van der Waals surface area contributed by atoms with E-state index in [0.29, 0.717) is 16.2 Å². The van der Waals surface area contributed by atoms with E-state index >= 15 is 0 Å². The molecule has 1 heterocycles. The molecule has 0 fully saturated rings. The second-order valence-corrected chi connectivity index (χ2v) is 6.33. The molecule has 0 spiro atoms. The lowest BCUT2D eigenvalue weighted by molar-refractivity contribution is -0.383. The van der Waals surface area contributed by atoms with Gasteiger partial charge in [0.15, 0.2) is 0 Å². The Bertz CT molecular complexity index is 1060. The number of fused-ring (bicyclic) bond motifs is 2. The average molecular weight is 357 g/mol. The van der Waals surface area contributed by atoms with Gasteiger partial charge < -0.3 is 10.3 Å². The molecule has 126 valence electrons. The summed E-state index contributed by atoms with van der Waals surface area (Å²) in [5, 5.41) is 15.6. The average Bonchev–Trinajstić information content (AvgIpc) is 2.99. The highest BCUT2D eigenvalue weighted by atomic mass is 35.5. The van der Waals surface area contributed by atoms with Crippen LogP contribution in [0, 0.1) is 10.1 Å². The Balaban J connectivity index is 1.80. The van der Waals surface area contributed by atoms with Crippen molar-refractivity contribution in [1.29, 1.82) is 0 Å². The first-order valence-electron chi connectivity index (χ1n) is 7.74. The molecule has 8 heteroatoms. The molecule has 0 saturated heterocycles. The fraction of sp³-hybridized carbons (Fsp3) is 0.176. The highest BCUT2D eigenvalue weighted by molar-refractivity contribution is 6.31. The molecule has 1 aliphatic carbocycles. The monoisotopic (exact) mass is 356 g/mol. The van der Waals surface area contributed by atoms with Crippen LogP contribution in [0.3, 0.4) is 0 Å². The van der Waals surface area contributed by atoms with Crippen molar-refractivity contribution in [2.24, 2.45) is 0 Å². The number of nitrogens with one attached hydrogen (secondary N) is 2. The minimum absolute atomic E-state index is 0.0770. The van der Waals surface area contributed by atoms with Crippen molar-refractivity contribution in [3.8, 4) is 0 Å². The molecule has 0 radical (unpaired) electrons. The summed E-state index contributed by atoms with van der Waals surface area (Å²) in [5.41, 5.74) is 2.30. The first-order valence-corrected chi connectivity index (χ1v) is 8.12. The number of hydrogen-bond donors (Lipinski definition) is 2. The molecule has 25 heavy (non-hydrogen) atoms. The number of halogens is 1. The third kappa shape index (κ3) is 2.62. The molecule has 1 aromatic heterocycles. The van der Waals surface area contributed by atoms with Crippen LogP contribution in [-0.4, -0.2) is 14.9 Å². The summed E-state index contributed by atoms with van der Waals surface area (Å²) in [6, 6.07) is 8.42. The normalized spacial score (nSPS) is 16.0. The zero-order valence-corrected chi connectivity index (χ0v) is 13.7. The maximum Gasteiger partial charge on any atom is 0.293 e. The van der Waals surface area contributed by atoms with E-state index in [4.69, 9.17) is 11.6 Å². The standard InChI is InChI=1S/C17H13ClN4O3/c18-12-3-1-2-10-9(12)4-5-13(10)21-15-7-14-11(6-16(15)22(24)25)17(23)20-8-19-14/h1-3,6-8,13,21H,4-5H2,(H,19,20,23)/t13-/m1/s1. The molecular weight excluding hydrogens is 344 g/mol. The van der Waals surface area contributed by atoms with Crippen molar-refractivity contribution in [3.05, 3.63) is 73.3 Å². The van der Waals surface area contributed by atoms with Crippen LogP contribution >= 0.6 is 11.6 Å². The van der Waals surface area contributed by atoms with E-state index in [1.165, 1.54) is 12.4 Å². The third-order valence-corrected chi connectivity index (χ3v) is 4.85. The highest BCUT2D eigenvalue weighted by Gasteiger charge is 2.27. The van der Waals surface area contributed by atoms with Crippen LogP contribution in [0.5, 0.6) is 0 Å². The maximum atomic E-state index is 11.9. The van der Waals surface area contributed by atoms with Crippen molar-refractivity contribution in [2.75, 3.05) is 5.32 Å². The van der Waals surface area contributed by atoms with Crippen LogP contribution in [0.2, 0.25) is 5.02 Å². The molecule has 2 aromatic carbocycles. The number of nitro benzene ring substituents is 1. The molecular formula is C17H13ClN4O3. The topological polar surface area (TPSA) is 101 Å². The molecule has 4 rings (SSSR count). The van der Waals surface area contributed by atoms with E-state index < -0.39 is 10.5 Å². The second kappa shape index (κ2) is 5.86. The summed E-state index contributed by atoms with van der Waals surface area (Å²) in [7, 11) is 0. The van der Waals surface area contributed by atoms with Crippen LogP contribution in [0.15, 0.2) is 41.5 Å². The van der Waals surface area contributed by atoms with Gasteiger partial charge >= 0.3 is 0 Å². The fourth-order valence-corrected chi connectivity index (χ4v) is 3.59. The Kier molecular flexibility index (Phi) is 3.65. The van der Waals surface area contributed by atoms with Crippen molar-refractivity contribution in [2.45, 2.75) is 18.9 Å². The van der Waals surface area contributed by atoms with Gasteiger partial charge in [0.1, 0.15) is 5.69 Å². The first-order chi connectivity index (χ1) is 12.0. The molecule has 0 bridgehead atoms. The quantitative estimate of drug-likeness (QED) is 0.551. The Hall–Kier alpha value is -2.93. The zero-order chi connectivity index (χ0) is 17.6. The summed E-state index contributed by atoms with van der Waals surface area (Å²) in [5.74, 6) is 0. The summed E-state index contributed by atoms with van der Waals surface area (Å²) >= 11 is 6.23. The molecule has 7 nitrogen and oxygen atoms in total. The molecule has 0 amide bonds. The van der Waals surface area contributed by atoms with E-state index in [0.717, 1.165) is 24.0 Å². The Morgan fingerprint density at radius 1 is 1.36 bits per heavy atom. The van der Waals surface area contributed by atoms with Gasteiger partial charge in [0.2, 0.25) is 0 Å². The van der Waals surface area contributed by atoms with E-state index in [1.54, 1.807) is 6.07 Å². The van der Waals surface area contributed by atoms with Gasteiger partial charge in [-0.2, -0.15) is 0 Å². The van der Waals surface area contributed by atoms with Crippen molar-refractivity contribution >= 4 is 33.9 Å². The molecule has 3 aromatic rings. The number of nitrogens with zero attached hydrogens (tertiary/aromatic N) is 2. The number of hydrogen-bond acceptors (Lipinski definition) is 5. The van der Waals surface area contributed by atoms with Crippen LogP contribution in [0.25, 0.3) is 10.9 Å². The summed E-state index contributed by atoms with van der Waals surface area (Å²) in [6.45, 7) is 0. The summed E-state index contributed by atoms with van der Waals surface area (Å²) < 4.78 is 0. The number of anilines is 1. The smallest absolute Gasteiger partial charge is 0.293 e. The van der Waals surface area contributed by atoms with Gasteiger partial charge in [-0.05, 0) is 36.1 Å². The first kappa shape index (κ1) is 15.6. The number of benzene rings is 2. The van der Waals surface area contributed by atoms with Gasteiger partial charge in [0, 0.05) is 11.1 Å². The Morgan fingerprint density at radius 3 is 3.00 bits per heavy atom. The van der Waals surface area contributed by atoms with Gasteiger partial charge in [-0.1, -0.05) is 23.7 Å². The molecule has 0 saturated carbocycles. The van der Waals surface area contributed by atoms with Crippen molar-refractivity contribution < 1.29 is 4.92 Å². The maximum absolute atomic E-state index is 11.9. The van der Waals surface area contributed by atoms with E-state index in [1.807, 2.05) is 18.2 Å². The van der Waals surface area contributed by atoms with E-state index in [2.05, 4.69) is 15.3 Å². The van der Waals surface area contributed by atoms with Gasteiger partial charge in [-0.15, -0.1) is 0 Å². The van der Waals surface area contributed by atoms with Crippen molar-refractivity contribution in [1.82, 2.24) is 9.97 Å². The summed E-state index contributed by atoms with van der Waals surface area (Å²) in [4.78, 5) is 29.3. The van der Waals surface area contributed by atoms with Gasteiger partial charge in [0.25, 0.3) is 11.2 Å². The van der Waals surface area contributed by atoms with Crippen LogP contribution in [0.1, 0.15) is 23.6 Å². The minimum Gasteiger partial charge on any atom is -0.373 e. The molecule has 2 N–H and O–H groups in total. The van der Waals surface area contributed by atoms with Crippen LogP contribution < -0.4 is 10.9 Å². The molecule has 1 atom stereocenters. The number of aromatic nitrogens is 2. The predicted octanol–water partition coefficient (Wildman–Crippen LogP) is 3.58. The molecule has 1 aliphatic rings.